The fourth-order valence-electron chi connectivity index (χ4n) is 1.98. The molecule has 0 radical (unpaired) electrons. The van der Waals surface area contributed by atoms with Crippen LogP contribution in [0.3, 0.4) is 0 Å². The van der Waals surface area contributed by atoms with Gasteiger partial charge in [-0.3, -0.25) is 4.79 Å². The molecule has 1 heterocycles. The van der Waals surface area contributed by atoms with Crippen molar-refractivity contribution in [3.8, 4) is 0 Å². The first-order chi connectivity index (χ1) is 11.3. The van der Waals surface area contributed by atoms with Crippen LogP contribution in [0.15, 0.2) is 29.4 Å². The van der Waals surface area contributed by atoms with Gasteiger partial charge >= 0.3 is 5.97 Å². The summed E-state index contributed by atoms with van der Waals surface area (Å²) in [4.78, 5) is 31.6. The predicted octanol–water partition coefficient (Wildman–Crippen LogP) is 3.57. The number of aryl methyl sites for hydroxylation is 2. The molecule has 0 atom stereocenters. The number of nitrogens with one attached hydrogen (secondary N) is 1. The van der Waals surface area contributed by atoms with Crippen molar-refractivity contribution in [3.63, 3.8) is 0 Å². The topological polar surface area (TPSA) is 92.2 Å². The highest BCUT2D eigenvalue weighted by atomic mass is 35.5. The van der Waals surface area contributed by atoms with Crippen molar-refractivity contribution in [2.24, 2.45) is 0 Å². The lowest BCUT2D eigenvalue weighted by molar-refractivity contribution is -0.115. The standard InChI is InChI=1S/C16H16ClN3O3S/c1-9-7-10(2)19-16(18-9)24-6-5-14(21)20-11-3-4-13(17)12(8-11)15(22)23/h3-4,7-8H,5-6H2,1-2H3,(H,20,21)(H,22,23). The summed E-state index contributed by atoms with van der Waals surface area (Å²) in [6, 6.07) is 6.23. The number of nitrogens with zero attached hydrogens (tertiary/aromatic N) is 2. The molecule has 1 aromatic heterocycles. The number of thioether (sulfide) groups is 1. The Balaban J connectivity index is 1.89. The van der Waals surface area contributed by atoms with Gasteiger partial charge in [0.15, 0.2) is 5.16 Å². The third kappa shape index (κ3) is 5.21. The number of halogens is 1. The Morgan fingerprint density at radius 1 is 1.21 bits per heavy atom. The number of carboxylic acid groups (broad SMARTS) is 1. The van der Waals surface area contributed by atoms with E-state index in [0.717, 1.165) is 11.4 Å². The molecule has 0 aliphatic heterocycles. The third-order valence-corrected chi connectivity index (χ3v) is 4.18. The molecule has 0 saturated carbocycles. The van der Waals surface area contributed by atoms with Crippen LogP contribution in [0.2, 0.25) is 5.02 Å². The van der Waals surface area contributed by atoms with E-state index < -0.39 is 5.97 Å². The van der Waals surface area contributed by atoms with Crippen LogP contribution in [-0.2, 0) is 4.79 Å². The van der Waals surface area contributed by atoms with Crippen LogP contribution in [0.1, 0.15) is 28.2 Å². The molecule has 8 heteroatoms. The maximum absolute atomic E-state index is 12.0. The summed E-state index contributed by atoms with van der Waals surface area (Å²) < 4.78 is 0. The van der Waals surface area contributed by atoms with Crippen LogP contribution in [0.25, 0.3) is 0 Å². The van der Waals surface area contributed by atoms with Gasteiger partial charge in [-0.25, -0.2) is 14.8 Å². The number of amides is 1. The van der Waals surface area contributed by atoms with Crippen molar-refractivity contribution in [2.45, 2.75) is 25.4 Å². The van der Waals surface area contributed by atoms with E-state index >= 15 is 0 Å². The zero-order valence-corrected chi connectivity index (χ0v) is 14.7. The average Bonchev–Trinajstić information content (AvgIpc) is 2.48. The first-order valence-corrected chi connectivity index (χ1v) is 8.49. The molecule has 1 amide bonds. The molecular formula is C16H16ClN3O3S. The lowest BCUT2D eigenvalue weighted by atomic mass is 10.2. The monoisotopic (exact) mass is 365 g/mol. The summed E-state index contributed by atoms with van der Waals surface area (Å²) in [6.45, 7) is 3.79. The summed E-state index contributed by atoms with van der Waals surface area (Å²) in [6.07, 6.45) is 0.256. The number of carbonyl (C=O) groups is 2. The number of carboxylic acids is 1. The fourth-order valence-corrected chi connectivity index (χ4v) is 3.07. The van der Waals surface area contributed by atoms with Gasteiger partial charge in [0, 0.05) is 29.2 Å². The Morgan fingerprint density at radius 3 is 2.50 bits per heavy atom. The molecule has 2 N–H and O–H groups in total. The summed E-state index contributed by atoms with van der Waals surface area (Å²) in [7, 11) is 0. The quantitative estimate of drug-likeness (QED) is 0.600. The minimum Gasteiger partial charge on any atom is -0.478 e. The highest BCUT2D eigenvalue weighted by Crippen LogP contribution is 2.21. The van der Waals surface area contributed by atoms with Crippen LogP contribution in [-0.4, -0.2) is 32.7 Å². The molecule has 126 valence electrons. The van der Waals surface area contributed by atoms with Gasteiger partial charge in [0.1, 0.15) is 0 Å². The van der Waals surface area contributed by atoms with E-state index in [1.165, 1.54) is 23.9 Å². The van der Waals surface area contributed by atoms with Crippen molar-refractivity contribution in [1.29, 1.82) is 0 Å². The van der Waals surface area contributed by atoms with E-state index in [0.29, 0.717) is 16.6 Å². The largest absolute Gasteiger partial charge is 0.478 e. The number of rotatable bonds is 6. The number of anilines is 1. The number of aromatic nitrogens is 2. The van der Waals surface area contributed by atoms with Gasteiger partial charge in [-0.1, -0.05) is 23.4 Å². The lowest BCUT2D eigenvalue weighted by Crippen LogP contribution is -2.13. The van der Waals surface area contributed by atoms with Crippen molar-refractivity contribution in [3.05, 3.63) is 46.2 Å². The summed E-state index contributed by atoms with van der Waals surface area (Å²) in [5, 5.41) is 12.4. The van der Waals surface area contributed by atoms with Crippen molar-refractivity contribution in [1.82, 2.24) is 9.97 Å². The molecule has 0 saturated heterocycles. The summed E-state index contributed by atoms with van der Waals surface area (Å²) in [5.41, 5.74) is 2.12. The minimum atomic E-state index is -1.14. The maximum atomic E-state index is 12.0. The van der Waals surface area contributed by atoms with Crippen LogP contribution >= 0.6 is 23.4 Å². The van der Waals surface area contributed by atoms with Crippen LogP contribution < -0.4 is 5.32 Å². The van der Waals surface area contributed by atoms with Crippen LogP contribution in [0, 0.1) is 13.8 Å². The fraction of sp³-hybridized carbons (Fsp3) is 0.250. The smallest absolute Gasteiger partial charge is 0.337 e. The molecule has 1 aromatic carbocycles. The molecule has 0 unspecified atom stereocenters. The highest BCUT2D eigenvalue weighted by Gasteiger charge is 2.11. The van der Waals surface area contributed by atoms with Gasteiger partial charge in [0.05, 0.1) is 10.6 Å². The molecule has 2 aromatic rings. The van der Waals surface area contributed by atoms with Gasteiger partial charge in [0.2, 0.25) is 5.91 Å². The Morgan fingerprint density at radius 2 is 1.88 bits per heavy atom. The SMILES string of the molecule is Cc1cc(C)nc(SCCC(=O)Nc2ccc(Cl)c(C(=O)O)c2)n1. The molecule has 6 nitrogen and oxygen atoms in total. The summed E-state index contributed by atoms with van der Waals surface area (Å²) in [5.74, 6) is -0.835. The molecule has 24 heavy (non-hydrogen) atoms. The van der Waals surface area contributed by atoms with E-state index in [4.69, 9.17) is 16.7 Å². The molecular weight excluding hydrogens is 350 g/mol. The Kier molecular flexibility index (Phi) is 6.16. The van der Waals surface area contributed by atoms with E-state index in [9.17, 15) is 9.59 Å². The van der Waals surface area contributed by atoms with Crippen molar-refractivity contribution in [2.75, 3.05) is 11.1 Å². The van der Waals surface area contributed by atoms with Crippen molar-refractivity contribution >= 4 is 40.9 Å². The Labute approximate surface area is 148 Å². The van der Waals surface area contributed by atoms with Crippen LogP contribution in [0.5, 0.6) is 0 Å². The van der Waals surface area contributed by atoms with E-state index in [-0.39, 0.29) is 22.9 Å². The molecule has 0 aliphatic rings. The molecule has 0 spiro atoms. The van der Waals surface area contributed by atoms with Crippen LogP contribution in [0.4, 0.5) is 5.69 Å². The minimum absolute atomic E-state index is 0.0486. The normalized spacial score (nSPS) is 10.5. The van der Waals surface area contributed by atoms with Gasteiger partial charge in [-0.2, -0.15) is 0 Å². The highest BCUT2D eigenvalue weighted by molar-refractivity contribution is 7.99. The Bertz CT molecular complexity index is 763. The van der Waals surface area contributed by atoms with Gasteiger partial charge in [-0.05, 0) is 38.1 Å². The predicted molar refractivity (Wildman–Crippen MR) is 93.9 cm³/mol. The van der Waals surface area contributed by atoms with Gasteiger partial charge in [-0.15, -0.1) is 0 Å². The number of benzene rings is 1. The number of aromatic carboxylic acids is 1. The second kappa shape index (κ2) is 8.12. The first-order valence-electron chi connectivity index (χ1n) is 7.13. The first kappa shape index (κ1) is 18.2. The summed E-state index contributed by atoms with van der Waals surface area (Å²) >= 11 is 7.19. The van der Waals surface area contributed by atoms with E-state index in [1.54, 1.807) is 6.07 Å². The van der Waals surface area contributed by atoms with Crippen molar-refractivity contribution < 1.29 is 14.7 Å². The number of hydrogen-bond donors (Lipinski definition) is 2. The molecule has 0 aliphatic carbocycles. The zero-order chi connectivity index (χ0) is 17.7. The molecule has 0 fully saturated rings. The third-order valence-electron chi connectivity index (χ3n) is 3.00. The van der Waals surface area contributed by atoms with Gasteiger partial charge in [0.25, 0.3) is 0 Å². The maximum Gasteiger partial charge on any atom is 0.337 e. The molecule has 0 bridgehead atoms. The second-order valence-corrected chi connectivity index (χ2v) is 6.55. The zero-order valence-electron chi connectivity index (χ0n) is 13.2. The van der Waals surface area contributed by atoms with E-state index in [1.807, 2.05) is 19.9 Å². The van der Waals surface area contributed by atoms with Gasteiger partial charge < -0.3 is 10.4 Å². The number of carbonyl (C=O) groups excluding carboxylic acids is 1. The lowest BCUT2D eigenvalue weighted by Gasteiger charge is -2.07. The average molecular weight is 366 g/mol. The molecule has 2 rings (SSSR count). The second-order valence-electron chi connectivity index (χ2n) is 5.08. The number of hydrogen-bond acceptors (Lipinski definition) is 5. The Hall–Kier alpha value is -2.12. The van der Waals surface area contributed by atoms with E-state index in [2.05, 4.69) is 15.3 Å².